The number of benzene rings is 1. The maximum Gasteiger partial charge on any atom is 0.119 e. The summed E-state index contributed by atoms with van der Waals surface area (Å²) >= 11 is 0. The SMILES string of the molecule is CCCOc1cccc(CN(CC)CC(C)(C)CN)c1. The summed E-state index contributed by atoms with van der Waals surface area (Å²) in [4.78, 5) is 2.44. The van der Waals surface area contributed by atoms with Crippen molar-refractivity contribution in [1.82, 2.24) is 4.90 Å². The first kappa shape index (κ1) is 17.0. The van der Waals surface area contributed by atoms with Gasteiger partial charge in [-0.15, -0.1) is 0 Å². The smallest absolute Gasteiger partial charge is 0.119 e. The molecule has 0 aliphatic rings. The Labute approximate surface area is 124 Å². The van der Waals surface area contributed by atoms with E-state index in [2.05, 4.69) is 50.8 Å². The molecule has 114 valence electrons. The second-order valence-corrected chi connectivity index (χ2v) is 6.17. The first-order chi connectivity index (χ1) is 9.50. The largest absolute Gasteiger partial charge is 0.494 e. The Morgan fingerprint density at radius 1 is 1.25 bits per heavy atom. The fourth-order valence-electron chi connectivity index (χ4n) is 2.16. The maximum absolute atomic E-state index is 5.83. The highest BCUT2D eigenvalue weighted by atomic mass is 16.5. The second-order valence-electron chi connectivity index (χ2n) is 6.17. The number of nitrogens with zero attached hydrogens (tertiary/aromatic N) is 1. The van der Waals surface area contributed by atoms with Crippen LogP contribution < -0.4 is 10.5 Å². The Morgan fingerprint density at radius 2 is 2.00 bits per heavy atom. The van der Waals surface area contributed by atoms with Crippen molar-refractivity contribution in [2.24, 2.45) is 11.1 Å². The molecule has 0 aliphatic carbocycles. The van der Waals surface area contributed by atoms with E-state index in [0.29, 0.717) is 6.54 Å². The topological polar surface area (TPSA) is 38.5 Å². The Kier molecular flexibility index (Phi) is 7.03. The molecule has 0 aromatic heterocycles. The molecule has 3 heteroatoms. The van der Waals surface area contributed by atoms with Crippen molar-refractivity contribution < 1.29 is 4.74 Å². The van der Waals surface area contributed by atoms with Crippen molar-refractivity contribution >= 4 is 0 Å². The summed E-state index contributed by atoms with van der Waals surface area (Å²) < 4.78 is 5.69. The third-order valence-corrected chi connectivity index (χ3v) is 3.43. The monoisotopic (exact) mass is 278 g/mol. The van der Waals surface area contributed by atoms with E-state index >= 15 is 0 Å². The zero-order valence-corrected chi connectivity index (χ0v) is 13.5. The van der Waals surface area contributed by atoms with Gasteiger partial charge >= 0.3 is 0 Å². The van der Waals surface area contributed by atoms with Crippen molar-refractivity contribution in [3.8, 4) is 5.75 Å². The summed E-state index contributed by atoms with van der Waals surface area (Å²) in [6.45, 7) is 13.2. The molecule has 0 atom stereocenters. The lowest BCUT2D eigenvalue weighted by atomic mass is 9.93. The predicted molar refractivity (Wildman–Crippen MR) is 86.0 cm³/mol. The van der Waals surface area contributed by atoms with Crippen LogP contribution in [-0.2, 0) is 6.54 Å². The van der Waals surface area contributed by atoms with Crippen LogP contribution in [0.5, 0.6) is 5.75 Å². The molecule has 0 spiro atoms. The molecular weight excluding hydrogens is 248 g/mol. The van der Waals surface area contributed by atoms with Gasteiger partial charge in [-0.05, 0) is 42.6 Å². The van der Waals surface area contributed by atoms with E-state index in [9.17, 15) is 0 Å². The summed E-state index contributed by atoms with van der Waals surface area (Å²) in [6.07, 6.45) is 1.04. The fraction of sp³-hybridized carbons (Fsp3) is 0.647. The van der Waals surface area contributed by atoms with Crippen LogP contribution in [0.3, 0.4) is 0 Å². The van der Waals surface area contributed by atoms with Crippen molar-refractivity contribution in [1.29, 1.82) is 0 Å². The number of nitrogens with two attached hydrogens (primary N) is 1. The molecular formula is C17H30N2O. The molecule has 0 heterocycles. The molecule has 1 aromatic rings. The van der Waals surface area contributed by atoms with E-state index < -0.39 is 0 Å². The van der Waals surface area contributed by atoms with Crippen LogP contribution in [0.2, 0.25) is 0 Å². The minimum absolute atomic E-state index is 0.159. The molecule has 3 nitrogen and oxygen atoms in total. The van der Waals surface area contributed by atoms with Crippen LogP contribution in [-0.4, -0.2) is 31.1 Å². The van der Waals surface area contributed by atoms with E-state index in [1.807, 2.05) is 6.07 Å². The molecule has 20 heavy (non-hydrogen) atoms. The van der Waals surface area contributed by atoms with Crippen LogP contribution >= 0.6 is 0 Å². The molecule has 1 aromatic carbocycles. The van der Waals surface area contributed by atoms with Crippen LogP contribution in [0.4, 0.5) is 0 Å². The summed E-state index contributed by atoms with van der Waals surface area (Å²) in [7, 11) is 0. The van der Waals surface area contributed by atoms with Crippen molar-refractivity contribution in [2.75, 3.05) is 26.2 Å². The Balaban J connectivity index is 2.65. The van der Waals surface area contributed by atoms with Gasteiger partial charge in [-0.2, -0.15) is 0 Å². The maximum atomic E-state index is 5.83. The van der Waals surface area contributed by atoms with Gasteiger partial charge in [0.1, 0.15) is 5.75 Å². The van der Waals surface area contributed by atoms with Crippen LogP contribution in [0, 0.1) is 5.41 Å². The van der Waals surface area contributed by atoms with Crippen molar-refractivity contribution in [3.63, 3.8) is 0 Å². The first-order valence-corrected chi connectivity index (χ1v) is 7.65. The minimum Gasteiger partial charge on any atom is -0.494 e. The zero-order valence-electron chi connectivity index (χ0n) is 13.5. The second kappa shape index (κ2) is 8.28. The molecule has 0 bridgehead atoms. The van der Waals surface area contributed by atoms with Gasteiger partial charge in [0.15, 0.2) is 0 Å². The van der Waals surface area contributed by atoms with Crippen molar-refractivity contribution in [2.45, 2.75) is 40.7 Å². The zero-order chi connectivity index (χ0) is 15.0. The van der Waals surface area contributed by atoms with Crippen LogP contribution in [0.15, 0.2) is 24.3 Å². The highest BCUT2D eigenvalue weighted by molar-refractivity contribution is 5.28. The number of ether oxygens (including phenoxy) is 1. The Morgan fingerprint density at radius 3 is 2.60 bits per heavy atom. The van der Waals surface area contributed by atoms with Gasteiger partial charge < -0.3 is 10.5 Å². The molecule has 0 fully saturated rings. The average Bonchev–Trinajstić information content (AvgIpc) is 2.44. The van der Waals surface area contributed by atoms with Crippen LogP contribution in [0.1, 0.15) is 39.7 Å². The molecule has 2 N–H and O–H groups in total. The van der Waals surface area contributed by atoms with E-state index in [1.165, 1.54) is 5.56 Å². The Bertz CT molecular complexity index is 390. The normalized spacial score (nSPS) is 11.9. The number of rotatable bonds is 9. The molecule has 0 radical (unpaired) electrons. The van der Waals surface area contributed by atoms with E-state index in [1.54, 1.807) is 0 Å². The van der Waals surface area contributed by atoms with Gasteiger partial charge in [0.05, 0.1) is 6.61 Å². The highest BCUT2D eigenvalue weighted by Crippen LogP contribution is 2.19. The summed E-state index contributed by atoms with van der Waals surface area (Å²) in [6, 6.07) is 8.41. The molecule has 0 unspecified atom stereocenters. The molecule has 0 aliphatic heterocycles. The highest BCUT2D eigenvalue weighted by Gasteiger charge is 2.19. The third kappa shape index (κ3) is 5.93. The van der Waals surface area contributed by atoms with Gasteiger partial charge in [0.2, 0.25) is 0 Å². The number of hydrogen-bond acceptors (Lipinski definition) is 3. The minimum atomic E-state index is 0.159. The summed E-state index contributed by atoms with van der Waals surface area (Å²) in [5.74, 6) is 0.971. The summed E-state index contributed by atoms with van der Waals surface area (Å²) in [5.41, 5.74) is 7.29. The van der Waals surface area contributed by atoms with Gasteiger partial charge in [-0.1, -0.05) is 39.8 Å². The summed E-state index contributed by atoms with van der Waals surface area (Å²) in [5, 5.41) is 0. The van der Waals surface area contributed by atoms with Gasteiger partial charge in [-0.3, -0.25) is 4.90 Å². The standard InChI is InChI=1S/C17H30N2O/c1-5-10-20-16-9-7-8-15(11-16)12-19(6-2)14-17(3,4)13-18/h7-9,11H,5-6,10,12-14,18H2,1-4H3. The lowest BCUT2D eigenvalue weighted by Crippen LogP contribution is -2.38. The average molecular weight is 278 g/mol. The number of hydrogen-bond donors (Lipinski definition) is 1. The quantitative estimate of drug-likeness (QED) is 0.753. The fourth-order valence-corrected chi connectivity index (χ4v) is 2.16. The lowest BCUT2D eigenvalue weighted by Gasteiger charge is -2.31. The van der Waals surface area contributed by atoms with Gasteiger partial charge in [-0.25, -0.2) is 0 Å². The van der Waals surface area contributed by atoms with Gasteiger partial charge in [0.25, 0.3) is 0 Å². The van der Waals surface area contributed by atoms with Gasteiger partial charge in [0, 0.05) is 13.1 Å². The van der Waals surface area contributed by atoms with E-state index in [4.69, 9.17) is 10.5 Å². The molecule has 0 saturated carbocycles. The van der Waals surface area contributed by atoms with Crippen molar-refractivity contribution in [3.05, 3.63) is 29.8 Å². The van der Waals surface area contributed by atoms with E-state index in [0.717, 1.165) is 38.4 Å². The molecule has 1 rings (SSSR count). The molecule has 0 saturated heterocycles. The first-order valence-electron chi connectivity index (χ1n) is 7.65. The Hall–Kier alpha value is -1.06. The third-order valence-electron chi connectivity index (χ3n) is 3.43. The predicted octanol–water partition coefficient (Wildman–Crippen LogP) is 3.28. The van der Waals surface area contributed by atoms with Crippen LogP contribution in [0.25, 0.3) is 0 Å². The van der Waals surface area contributed by atoms with E-state index in [-0.39, 0.29) is 5.41 Å². The lowest BCUT2D eigenvalue weighted by molar-refractivity contribution is 0.183. The molecule has 0 amide bonds.